The van der Waals surface area contributed by atoms with Crippen molar-refractivity contribution < 1.29 is 14.6 Å². The van der Waals surface area contributed by atoms with Crippen LogP contribution < -0.4 is 9.64 Å². The van der Waals surface area contributed by atoms with E-state index in [2.05, 4.69) is 0 Å². The second kappa shape index (κ2) is 8.50. The van der Waals surface area contributed by atoms with Crippen molar-refractivity contribution in [1.82, 2.24) is 0 Å². The molecule has 0 aliphatic carbocycles. The number of para-hydroxylation sites is 1. The van der Waals surface area contributed by atoms with Crippen LogP contribution in [-0.2, 0) is 11.2 Å². The molecule has 3 aromatic carbocycles. The molecule has 0 saturated carbocycles. The van der Waals surface area contributed by atoms with Gasteiger partial charge in [0.2, 0.25) is 5.91 Å². The Morgan fingerprint density at radius 3 is 2.17 bits per heavy atom. The predicted molar refractivity (Wildman–Crippen MR) is 114 cm³/mol. The molecule has 1 N–H and O–H groups in total. The van der Waals surface area contributed by atoms with E-state index in [0.29, 0.717) is 6.42 Å². The van der Waals surface area contributed by atoms with Crippen LogP contribution in [-0.4, -0.2) is 24.2 Å². The summed E-state index contributed by atoms with van der Waals surface area (Å²) in [4.78, 5) is 14.9. The molecular weight excluding hydrogens is 362 g/mol. The molecule has 1 heterocycles. The molecule has 4 heteroatoms. The Morgan fingerprint density at radius 2 is 1.55 bits per heavy atom. The van der Waals surface area contributed by atoms with Gasteiger partial charge in [0, 0.05) is 5.69 Å². The number of aryl methyl sites for hydroxylation is 1. The Kier molecular flexibility index (Phi) is 5.63. The molecule has 4 rings (SSSR count). The van der Waals surface area contributed by atoms with E-state index in [4.69, 9.17) is 4.74 Å². The molecule has 1 fully saturated rings. The highest BCUT2D eigenvalue weighted by atomic mass is 16.5. The number of aliphatic hydroxyl groups excluding tert-OH is 1. The Balaban J connectivity index is 1.58. The fraction of sp³-hybridized carbons (Fsp3) is 0.240. The van der Waals surface area contributed by atoms with Gasteiger partial charge in [-0.1, -0.05) is 60.7 Å². The quantitative estimate of drug-likeness (QED) is 0.612. The molecule has 0 radical (unpaired) electrons. The molecule has 0 aromatic heterocycles. The number of β-lactam (4-membered cyclic amide) rings is 1. The maximum absolute atomic E-state index is 13.1. The molecule has 1 aliphatic heterocycles. The molecule has 3 atom stereocenters. The van der Waals surface area contributed by atoms with Crippen LogP contribution in [0.1, 0.15) is 23.6 Å². The SMILES string of the molecule is COc1ccc(C2C([C@@H](O)CCc3ccccc3)C(=O)N2c2ccccc2)cc1. The lowest BCUT2D eigenvalue weighted by Crippen LogP contribution is -2.59. The number of hydrogen-bond acceptors (Lipinski definition) is 3. The first-order valence-electron chi connectivity index (χ1n) is 9.93. The largest absolute Gasteiger partial charge is 0.497 e. The first-order chi connectivity index (χ1) is 14.2. The molecule has 0 bridgehead atoms. The highest BCUT2D eigenvalue weighted by Gasteiger charge is 2.51. The van der Waals surface area contributed by atoms with Crippen molar-refractivity contribution in [2.45, 2.75) is 25.0 Å². The van der Waals surface area contributed by atoms with Gasteiger partial charge in [0.25, 0.3) is 0 Å². The molecule has 3 aromatic rings. The fourth-order valence-corrected chi connectivity index (χ4v) is 4.06. The van der Waals surface area contributed by atoms with Gasteiger partial charge >= 0.3 is 0 Å². The van der Waals surface area contributed by atoms with E-state index >= 15 is 0 Å². The minimum atomic E-state index is -0.699. The average Bonchev–Trinajstić information content (AvgIpc) is 2.77. The zero-order valence-electron chi connectivity index (χ0n) is 16.4. The van der Waals surface area contributed by atoms with E-state index in [-0.39, 0.29) is 11.9 Å². The van der Waals surface area contributed by atoms with Crippen molar-refractivity contribution in [3.05, 3.63) is 96.1 Å². The second-order valence-electron chi connectivity index (χ2n) is 7.38. The lowest BCUT2D eigenvalue weighted by atomic mass is 9.76. The molecule has 4 nitrogen and oxygen atoms in total. The molecule has 1 amide bonds. The monoisotopic (exact) mass is 387 g/mol. The third-order valence-corrected chi connectivity index (χ3v) is 5.62. The van der Waals surface area contributed by atoms with Gasteiger partial charge in [0.15, 0.2) is 0 Å². The number of carbonyl (C=O) groups is 1. The van der Waals surface area contributed by atoms with Crippen LogP contribution in [0.25, 0.3) is 0 Å². The summed E-state index contributed by atoms with van der Waals surface area (Å²) < 4.78 is 5.27. The van der Waals surface area contributed by atoms with Crippen molar-refractivity contribution in [3.63, 3.8) is 0 Å². The van der Waals surface area contributed by atoms with Gasteiger partial charge in [-0.2, -0.15) is 0 Å². The number of benzene rings is 3. The molecule has 148 valence electrons. The summed E-state index contributed by atoms with van der Waals surface area (Å²) in [7, 11) is 1.63. The van der Waals surface area contributed by atoms with Gasteiger partial charge in [-0.05, 0) is 48.2 Å². The number of nitrogens with zero attached hydrogens (tertiary/aromatic N) is 1. The lowest BCUT2D eigenvalue weighted by Gasteiger charge is -2.49. The number of ether oxygens (including phenoxy) is 1. The number of amides is 1. The first kappa shape index (κ1) is 19.2. The van der Waals surface area contributed by atoms with Crippen LogP contribution in [0.4, 0.5) is 5.69 Å². The summed E-state index contributed by atoms with van der Waals surface area (Å²) in [6, 6.07) is 27.3. The summed E-state index contributed by atoms with van der Waals surface area (Å²) in [5.74, 6) is 0.289. The van der Waals surface area contributed by atoms with E-state index in [9.17, 15) is 9.90 Å². The van der Waals surface area contributed by atoms with Crippen LogP contribution >= 0.6 is 0 Å². The molecule has 1 aliphatic rings. The molecule has 1 saturated heterocycles. The van der Waals surface area contributed by atoms with Crippen molar-refractivity contribution in [3.8, 4) is 5.75 Å². The molecule has 2 unspecified atom stereocenters. The number of hydrogen-bond donors (Lipinski definition) is 1. The summed E-state index contributed by atoms with van der Waals surface area (Å²) >= 11 is 0. The fourth-order valence-electron chi connectivity index (χ4n) is 4.06. The van der Waals surface area contributed by atoms with Gasteiger partial charge in [0.05, 0.1) is 25.2 Å². The zero-order chi connectivity index (χ0) is 20.2. The third kappa shape index (κ3) is 3.89. The van der Waals surface area contributed by atoms with Crippen molar-refractivity contribution in [2.24, 2.45) is 5.92 Å². The number of methoxy groups -OCH3 is 1. The Morgan fingerprint density at radius 1 is 0.931 bits per heavy atom. The predicted octanol–water partition coefficient (Wildman–Crippen LogP) is 4.39. The average molecular weight is 387 g/mol. The molecule has 29 heavy (non-hydrogen) atoms. The summed E-state index contributed by atoms with van der Waals surface area (Å²) in [5.41, 5.74) is 3.02. The normalized spacial score (nSPS) is 19.5. The Hall–Kier alpha value is -3.11. The van der Waals surface area contributed by atoms with Crippen molar-refractivity contribution in [1.29, 1.82) is 0 Å². The topological polar surface area (TPSA) is 49.8 Å². The minimum absolute atomic E-state index is 0.0300. The smallest absolute Gasteiger partial charge is 0.235 e. The van der Waals surface area contributed by atoms with Crippen molar-refractivity contribution >= 4 is 11.6 Å². The maximum Gasteiger partial charge on any atom is 0.235 e. The van der Waals surface area contributed by atoms with Crippen LogP contribution in [0, 0.1) is 5.92 Å². The van der Waals surface area contributed by atoms with E-state index in [1.54, 1.807) is 12.0 Å². The second-order valence-corrected chi connectivity index (χ2v) is 7.38. The van der Waals surface area contributed by atoms with Gasteiger partial charge in [-0.25, -0.2) is 0 Å². The van der Waals surface area contributed by atoms with Gasteiger partial charge < -0.3 is 14.7 Å². The van der Waals surface area contributed by atoms with Gasteiger partial charge in [-0.15, -0.1) is 0 Å². The van der Waals surface area contributed by atoms with Crippen LogP contribution in [0.3, 0.4) is 0 Å². The number of carbonyl (C=O) groups excluding carboxylic acids is 1. The minimum Gasteiger partial charge on any atom is -0.497 e. The standard InChI is InChI=1S/C25H25NO3/c1-29-21-15-13-19(14-16-21)24-23(22(27)17-12-18-8-4-2-5-9-18)25(28)26(24)20-10-6-3-7-11-20/h2-11,13-16,22-24,27H,12,17H2,1H3/t22-,23?,24?/m0/s1. The number of anilines is 1. The Labute approximate surface area is 171 Å². The van der Waals surface area contributed by atoms with E-state index in [0.717, 1.165) is 23.4 Å². The summed E-state index contributed by atoms with van der Waals surface area (Å²) in [6.45, 7) is 0. The van der Waals surface area contributed by atoms with Crippen LogP contribution in [0.15, 0.2) is 84.9 Å². The van der Waals surface area contributed by atoms with Crippen LogP contribution in [0.5, 0.6) is 5.75 Å². The Bertz CT molecular complexity index is 941. The summed E-state index contributed by atoms with van der Waals surface area (Å²) in [6.07, 6.45) is 0.595. The zero-order valence-corrected chi connectivity index (χ0v) is 16.4. The van der Waals surface area contributed by atoms with Gasteiger partial charge in [-0.3, -0.25) is 4.79 Å². The third-order valence-electron chi connectivity index (χ3n) is 5.62. The van der Waals surface area contributed by atoms with Crippen LogP contribution in [0.2, 0.25) is 0 Å². The van der Waals surface area contributed by atoms with E-state index < -0.39 is 12.0 Å². The van der Waals surface area contributed by atoms with E-state index in [1.807, 2.05) is 84.9 Å². The first-order valence-corrected chi connectivity index (χ1v) is 9.93. The highest BCUT2D eigenvalue weighted by Crippen LogP contribution is 2.46. The maximum atomic E-state index is 13.1. The molecular formula is C25H25NO3. The highest BCUT2D eigenvalue weighted by molar-refractivity contribution is 6.03. The molecule has 0 spiro atoms. The number of aliphatic hydroxyl groups is 1. The lowest BCUT2D eigenvalue weighted by molar-refractivity contribution is -0.136. The van der Waals surface area contributed by atoms with Crippen molar-refractivity contribution in [2.75, 3.05) is 12.0 Å². The number of rotatable bonds is 7. The summed E-state index contributed by atoms with van der Waals surface area (Å²) in [5, 5.41) is 10.9. The van der Waals surface area contributed by atoms with E-state index in [1.165, 1.54) is 5.56 Å². The van der Waals surface area contributed by atoms with Gasteiger partial charge in [0.1, 0.15) is 5.75 Å².